The molecule has 4 atom stereocenters. The number of hydrogen-bond acceptors (Lipinski definition) is 4. The van der Waals surface area contributed by atoms with Crippen LogP contribution in [-0.2, 0) is 10.3 Å². The molecule has 2 aliphatic carbocycles. The molecule has 25 heavy (non-hydrogen) atoms. The molecule has 1 aromatic rings. The van der Waals surface area contributed by atoms with Crippen molar-refractivity contribution in [3.05, 3.63) is 57.7 Å². The first kappa shape index (κ1) is 17.9. The van der Waals surface area contributed by atoms with E-state index in [4.69, 9.17) is 10.6 Å². The third-order valence-corrected chi connectivity index (χ3v) is 6.35. The summed E-state index contributed by atoms with van der Waals surface area (Å²) in [5.74, 6) is 0. The minimum atomic E-state index is -0.679. The van der Waals surface area contributed by atoms with Crippen LogP contribution in [0.1, 0.15) is 52.0 Å². The lowest BCUT2D eigenvalue weighted by Gasteiger charge is -2.54. The van der Waals surface area contributed by atoms with Crippen molar-refractivity contribution in [2.75, 3.05) is 6.54 Å². The summed E-state index contributed by atoms with van der Waals surface area (Å²) in [6, 6.07) is 10.6. The van der Waals surface area contributed by atoms with Gasteiger partial charge in [-0.2, -0.15) is 0 Å². The van der Waals surface area contributed by atoms with Crippen LogP contribution in [0.5, 0.6) is 0 Å². The molecule has 4 unspecified atom stereocenters. The quantitative estimate of drug-likeness (QED) is 0.497. The Kier molecular flexibility index (Phi) is 4.40. The zero-order valence-corrected chi connectivity index (χ0v) is 15.3. The standard InChI is InChI=1S/C20H28N2O3/c1-15(25-22(23)24)18(2)9-16-10-19(3,17-7-5-4-6-8-17)13-20(11-16,12-18)14-21/h4-9,15H,10-14,21H2,1-3H3. The second-order valence-corrected chi connectivity index (χ2v) is 8.62. The molecule has 2 aliphatic rings. The van der Waals surface area contributed by atoms with E-state index in [-0.39, 0.29) is 16.2 Å². The number of rotatable bonds is 5. The molecule has 5 nitrogen and oxygen atoms in total. The molecule has 136 valence electrons. The molecule has 0 radical (unpaired) electrons. The largest absolute Gasteiger partial charge is 0.330 e. The van der Waals surface area contributed by atoms with Crippen molar-refractivity contribution in [1.29, 1.82) is 0 Å². The van der Waals surface area contributed by atoms with Gasteiger partial charge in [0.15, 0.2) is 0 Å². The third-order valence-electron chi connectivity index (χ3n) is 6.35. The van der Waals surface area contributed by atoms with Crippen molar-refractivity contribution >= 4 is 0 Å². The van der Waals surface area contributed by atoms with Crippen molar-refractivity contribution < 1.29 is 9.92 Å². The highest BCUT2D eigenvalue weighted by molar-refractivity contribution is 5.34. The topological polar surface area (TPSA) is 78.4 Å². The zero-order chi connectivity index (χ0) is 18.3. The highest BCUT2D eigenvalue weighted by Gasteiger charge is 2.51. The SMILES string of the molecule is CC(O[N+](=O)[O-])C1(C)C=C2CC(CN)(CC(C)(c3ccccc3)C2)C1. The fourth-order valence-electron chi connectivity index (χ4n) is 5.32. The molecule has 0 amide bonds. The van der Waals surface area contributed by atoms with Crippen LogP contribution >= 0.6 is 0 Å². The number of fused-ring (bicyclic) bond motifs is 2. The van der Waals surface area contributed by atoms with Gasteiger partial charge >= 0.3 is 0 Å². The van der Waals surface area contributed by atoms with Crippen LogP contribution in [0.2, 0.25) is 0 Å². The van der Waals surface area contributed by atoms with E-state index < -0.39 is 11.2 Å². The van der Waals surface area contributed by atoms with Crippen LogP contribution in [-0.4, -0.2) is 17.7 Å². The number of allylic oxidation sites excluding steroid dienone is 1. The van der Waals surface area contributed by atoms with Gasteiger partial charge in [0, 0.05) is 5.41 Å². The van der Waals surface area contributed by atoms with Crippen molar-refractivity contribution in [2.45, 2.75) is 58.0 Å². The first-order valence-corrected chi connectivity index (χ1v) is 8.98. The lowest BCUT2D eigenvalue weighted by Crippen LogP contribution is -2.50. The summed E-state index contributed by atoms with van der Waals surface area (Å²) in [6.45, 7) is 6.77. The molecule has 5 heteroatoms. The Morgan fingerprint density at radius 3 is 2.52 bits per heavy atom. The maximum Gasteiger partial charge on any atom is 0.294 e. The molecule has 0 spiro atoms. The Morgan fingerprint density at radius 1 is 1.24 bits per heavy atom. The van der Waals surface area contributed by atoms with E-state index in [1.807, 2.05) is 6.07 Å². The van der Waals surface area contributed by atoms with Gasteiger partial charge in [0.05, 0.1) is 0 Å². The van der Waals surface area contributed by atoms with Crippen LogP contribution in [0.3, 0.4) is 0 Å². The Morgan fingerprint density at radius 2 is 1.92 bits per heavy atom. The van der Waals surface area contributed by atoms with E-state index in [1.165, 1.54) is 11.1 Å². The lowest BCUT2D eigenvalue weighted by molar-refractivity contribution is -0.771. The Hall–Kier alpha value is -1.88. The maximum atomic E-state index is 10.8. The molecular formula is C20H28N2O3. The van der Waals surface area contributed by atoms with Crippen LogP contribution in [0.15, 0.2) is 42.0 Å². The second-order valence-electron chi connectivity index (χ2n) is 8.62. The van der Waals surface area contributed by atoms with Gasteiger partial charge in [-0.15, -0.1) is 10.1 Å². The average molecular weight is 344 g/mol. The summed E-state index contributed by atoms with van der Waals surface area (Å²) in [7, 11) is 0. The van der Waals surface area contributed by atoms with Crippen LogP contribution in [0.4, 0.5) is 0 Å². The van der Waals surface area contributed by atoms with Gasteiger partial charge in [-0.05, 0) is 55.5 Å². The minimum absolute atomic E-state index is 0.0319. The van der Waals surface area contributed by atoms with E-state index >= 15 is 0 Å². The zero-order valence-electron chi connectivity index (χ0n) is 15.3. The molecule has 3 rings (SSSR count). The normalized spacial score (nSPS) is 35.6. The predicted molar refractivity (Wildman–Crippen MR) is 97.5 cm³/mol. The lowest BCUT2D eigenvalue weighted by atomic mass is 9.51. The Bertz CT molecular complexity index is 689. The fraction of sp³-hybridized carbons (Fsp3) is 0.600. The van der Waals surface area contributed by atoms with Gasteiger partial charge in [-0.25, -0.2) is 0 Å². The van der Waals surface area contributed by atoms with Crippen LogP contribution < -0.4 is 5.73 Å². The van der Waals surface area contributed by atoms with Crippen molar-refractivity contribution in [3.8, 4) is 0 Å². The van der Waals surface area contributed by atoms with Crippen molar-refractivity contribution in [2.24, 2.45) is 16.6 Å². The van der Waals surface area contributed by atoms with Crippen LogP contribution in [0, 0.1) is 20.9 Å². The van der Waals surface area contributed by atoms with Gasteiger partial charge in [0.2, 0.25) is 0 Å². The molecule has 1 aromatic carbocycles. The monoisotopic (exact) mass is 344 g/mol. The molecule has 0 aromatic heterocycles. The fourth-order valence-corrected chi connectivity index (χ4v) is 5.32. The molecular weight excluding hydrogens is 316 g/mol. The summed E-state index contributed by atoms with van der Waals surface area (Å²) >= 11 is 0. The van der Waals surface area contributed by atoms with Gasteiger partial charge in [-0.3, -0.25) is 0 Å². The summed E-state index contributed by atoms with van der Waals surface area (Å²) in [4.78, 5) is 15.7. The van der Waals surface area contributed by atoms with Gasteiger partial charge in [0.1, 0.15) is 6.10 Å². The molecule has 2 N–H and O–H groups in total. The highest BCUT2D eigenvalue weighted by Crippen LogP contribution is 2.58. The molecule has 1 saturated carbocycles. The molecule has 0 saturated heterocycles. The smallest absolute Gasteiger partial charge is 0.294 e. The highest BCUT2D eigenvalue weighted by atomic mass is 17.0. The Labute approximate surface area is 149 Å². The van der Waals surface area contributed by atoms with Crippen molar-refractivity contribution in [1.82, 2.24) is 0 Å². The predicted octanol–water partition coefficient (Wildman–Crippen LogP) is 4.01. The number of benzene rings is 1. The number of nitrogens with two attached hydrogens (primary N) is 1. The van der Waals surface area contributed by atoms with Crippen LogP contribution in [0.25, 0.3) is 0 Å². The second kappa shape index (κ2) is 6.13. The van der Waals surface area contributed by atoms with Gasteiger partial charge in [-0.1, -0.05) is 55.8 Å². The third kappa shape index (κ3) is 3.30. The first-order valence-electron chi connectivity index (χ1n) is 8.98. The van der Waals surface area contributed by atoms with Gasteiger partial charge in [0.25, 0.3) is 5.09 Å². The average Bonchev–Trinajstić information content (AvgIpc) is 2.54. The van der Waals surface area contributed by atoms with Gasteiger partial charge < -0.3 is 10.6 Å². The number of nitrogens with zero attached hydrogens (tertiary/aromatic N) is 1. The Balaban J connectivity index is 1.97. The van der Waals surface area contributed by atoms with E-state index in [1.54, 1.807) is 6.92 Å². The summed E-state index contributed by atoms with van der Waals surface area (Å²) in [6.07, 6.45) is 5.53. The maximum absolute atomic E-state index is 10.8. The summed E-state index contributed by atoms with van der Waals surface area (Å²) < 4.78 is 0. The van der Waals surface area contributed by atoms with E-state index in [2.05, 4.69) is 44.2 Å². The summed E-state index contributed by atoms with van der Waals surface area (Å²) in [5.41, 5.74) is 8.63. The van der Waals surface area contributed by atoms with E-state index in [0.29, 0.717) is 6.54 Å². The van der Waals surface area contributed by atoms with E-state index in [9.17, 15) is 10.1 Å². The molecule has 1 fully saturated rings. The molecule has 2 bridgehead atoms. The number of hydrogen-bond donors (Lipinski definition) is 1. The molecule has 0 heterocycles. The summed E-state index contributed by atoms with van der Waals surface area (Å²) in [5, 5.41) is 10.1. The van der Waals surface area contributed by atoms with Crippen molar-refractivity contribution in [3.63, 3.8) is 0 Å². The minimum Gasteiger partial charge on any atom is -0.330 e. The first-order chi connectivity index (χ1) is 11.7. The van der Waals surface area contributed by atoms with E-state index in [0.717, 1.165) is 25.7 Å². The molecule has 0 aliphatic heterocycles.